The summed E-state index contributed by atoms with van der Waals surface area (Å²) in [5, 5.41) is 31.7. The third-order valence-electron chi connectivity index (χ3n) is 14.0. The molecule has 10 aromatic carbocycles. The first-order valence-electron chi connectivity index (χ1n) is 22.8. The molecule has 0 aliphatic heterocycles. The Morgan fingerprint density at radius 2 is 0.485 bits per heavy atom. The first-order valence-corrected chi connectivity index (χ1v) is 22.8. The van der Waals surface area contributed by atoms with Gasteiger partial charge in [0.2, 0.25) is 0 Å². The van der Waals surface area contributed by atoms with E-state index < -0.39 is 0 Å². The Kier molecular flexibility index (Phi) is 8.01. The smallest absolute Gasteiger partial charge is 0.0998 e. The fourth-order valence-electron chi connectivity index (χ4n) is 11.4. The Morgan fingerprint density at radius 1 is 0.250 bits per heavy atom. The van der Waals surface area contributed by atoms with Crippen LogP contribution in [-0.2, 0) is 0 Å². The minimum atomic E-state index is 0.403. The van der Waals surface area contributed by atoms with E-state index in [4.69, 9.17) is 0 Å². The molecule has 0 unspecified atom stereocenters. The third-order valence-corrected chi connectivity index (χ3v) is 14.0. The normalized spacial score (nSPS) is 11.8. The van der Waals surface area contributed by atoms with Gasteiger partial charge < -0.3 is 18.3 Å². The second-order valence-corrected chi connectivity index (χ2v) is 17.4. The highest BCUT2D eigenvalue weighted by molar-refractivity contribution is 6.16. The van der Waals surface area contributed by atoms with Gasteiger partial charge in [-0.3, -0.25) is 0 Å². The van der Waals surface area contributed by atoms with Gasteiger partial charge in [-0.25, -0.2) is 0 Å². The number of rotatable bonds is 5. The van der Waals surface area contributed by atoms with Gasteiger partial charge in [0.25, 0.3) is 0 Å². The summed E-state index contributed by atoms with van der Waals surface area (Å²) in [5.74, 6) is 0. The molecule has 0 atom stereocenters. The zero-order chi connectivity index (χ0) is 45.0. The van der Waals surface area contributed by atoms with Crippen molar-refractivity contribution in [2.75, 3.05) is 0 Å². The van der Waals surface area contributed by atoms with E-state index in [0.29, 0.717) is 16.7 Å². The summed E-state index contributed by atoms with van der Waals surface area (Å²) in [5.41, 5.74) is 13.7. The average Bonchev–Trinajstić information content (AvgIpc) is 4.13. The summed E-state index contributed by atoms with van der Waals surface area (Å²) in [6.45, 7) is 0. The second-order valence-electron chi connectivity index (χ2n) is 17.4. The van der Waals surface area contributed by atoms with Crippen LogP contribution in [0.25, 0.3) is 121 Å². The lowest BCUT2D eigenvalue weighted by Gasteiger charge is -2.28. The predicted octanol–water partition coefficient (Wildman–Crippen LogP) is 15.5. The molecule has 0 spiro atoms. The van der Waals surface area contributed by atoms with Crippen molar-refractivity contribution in [1.29, 1.82) is 10.5 Å². The molecule has 6 nitrogen and oxygen atoms in total. The van der Waals surface area contributed by atoms with Crippen LogP contribution in [0.3, 0.4) is 0 Å². The van der Waals surface area contributed by atoms with Gasteiger partial charge in [0.1, 0.15) is 0 Å². The van der Waals surface area contributed by atoms with Crippen molar-refractivity contribution in [3.8, 4) is 46.0 Å². The molecule has 4 heterocycles. The lowest BCUT2D eigenvalue weighted by molar-refractivity contribution is 1.04. The molecule has 314 valence electrons. The molecule has 14 aromatic rings. The third kappa shape index (κ3) is 5.09. The van der Waals surface area contributed by atoms with Crippen LogP contribution < -0.4 is 0 Å². The van der Waals surface area contributed by atoms with Crippen LogP contribution in [0.1, 0.15) is 11.1 Å². The van der Waals surface area contributed by atoms with Crippen molar-refractivity contribution in [3.05, 3.63) is 230 Å². The van der Waals surface area contributed by atoms with Crippen molar-refractivity contribution < 1.29 is 0 Å². The van der Waals surface area contributed by atoms with E-state index in [9.17, 15) is 10.5 Å². The fraction of sp³-hybridized carbons (Fsp3) is 0. The van der Waals surface area contributed by atoms with Crippen LogP contribution in [0.4, 0.5) is 0 Å². The van der Waals surface area contributed by atoms with Gasteiger partial charge in [-0.15, -0.1) is 0 Å². The van der Waals surface area contributed by atoms with E-state index in [1.54, 1.807) is 0 Å². The van der Waals surface area contributed by atoms with Crippen LogP contribution in [-0.4, -0.2) is 18.3 Å². The highest BCUT2D eigenvalue weighted by atomic mass is 15.1. The summed E-state index contributed by atoms with van der Waals surface area (Å²) >= 11 is 0. The van der Waals surface area contributed by atoms with E-state index in [0.717, 1.165) is 116 Å². The van der Waals surface area contributed by atoms with Gasteiger partial charge in [-0.2, -0.15) is 10.5 Å². The van der Waals surface area contributed by atoms with Crippen LogP contribution in [0.5, 0.6) is 0 Å². The van der Waals surface area contributed by atoms with E-state index in [1.165, 1.54) is 0 Å². The molecule has 4 aromatic heterocycles. The van der Waals surface area contributed by atoms with Crippen LogP contribution >= 0.6 is 0 Å². The molecule has 0 saturated heterocycles. The Balaban J connectivity index is 1.37. The molecule has 0 fully saturated rings. The number of hydrogen-bond acceptors (Lipinski definition) is 2. The molecule has 0 radical (unpaired) electrons. The molecule has 0 saturated carbocycles. The number of fused-ring (bicyclic) bond motifs is 12. The van der Waals surface area contributed by atoms with E-state index in [1.807, 2.05) is 18.2 Å². The zero-order valence-corrected chi connectivity index (χ0v) is 36.5. The minimum Gasteiger partial charge on any atom is -0.307 e. The zero-order valence-electron chi connectivity index (χ0n) is 36.5. The van der Waals surface area contributed by atoms with E-state index in [2.05, 4.69) is 231 Å². The molecule has 14 rings (SSSR count). The molecular formula is C62H36N6. The van der Waals surface area contributed by atoms with Gasteiger partial charge in [-0.05, 0) is 66.7 Å². The lowest BCUT2D eigenvalue weighted by Crippen LogP contribution is -2.14. The minimum absolute atomic E-state index is 0.403. The number of aromatic nitrogens is 4. The number of benzene rings is 10. The van der Waals surface area contributed by atoms with Crippen molar-refractivity contribution in [2.24, 2.45) is 0 Å². The van der Waals surface area contributed by atoms with Crippen molar-refractivity contribution >= 4 is 87.2 Å². The SMILES string of the molecule is N#Cc1cccc(C#N)c1-c1c(-n2c3ccccc3c3ccccc32)c(-n2c3ccccc3c3ccccc32)cc(-n2c3ccccc3c3ccccc32)c1-n1c2ccccc2c2ccccc21. The first kappa shape index (κ1) is 37.7. The number of hydrogen-bond donors (Lipinski definition) is 0. The predicted molar refractivity (Wildman–Crippen MR) is 279 cm³/mol. The molecule has 0 aliphatic rings. The first-order chi connectivity index (χ1) is 33.7. The molecular weight excluding hydrogens is 829 g/mol. The van der Waals surface area contributed by atoms with Gasteiger partial charge >= 0.3 is 0 Å². The standard InChI is InChI=1S/C62H36N6/c63-37-39-18-17-19-40(38-64)59(39)60-61(67-53-32-13-5-24-45(53)46-25-6-14-33-54(46)67)57(65-49-28-9-1-20-41(49)42-21-2-10-29-50(42)65)36-58(66-51-30-11-3-22-43(51)44-23-4-12-31-52(44)66)62(60)68-55-34-15-7-26-47(55)48-27-8-16-35-56(48)68/h1-36H. The van der Waals surface area contributed by atoms with E-state index in [-0.39, 0.29) is 0 Å². The summed E-state index contributed by atoms with van der Waals surface area (Å²) in [4.78, 5) is 0. The van der Waals surface area contributed by atoms with Crippen molar-refractivity contribution in [2.45, 2.75) is 0 Å². The highest BCUT2D eigenvalue weighted by Crippen LogP contribution is 2.51. The molecule has 0 aliphatic carbocycles. The summed E-state index contributed by atoms with van der Waals surface area (Å²) in [6, 6.07) is 81.9. The van der Waals surface area contributed by atoms with Gasteiger partial charge in [-0.1, -0.05) is 152 Å². The average molecular weight is 865 g/mol. The van der Waals surface area contributed by atoms with Gasteiger partial charge in [0, 0.05) is 54.2 Å². The monoisotopic (exact) mass is 864 g/mol. The topological polar surface area (TPSA) is 67.3 Å². The summed E-state index contributed by atoms with van der Waals surface area (Å²) in [7, 11) is 0. The molecule has 0 N–H and O–H groups in total. The van der Waals surface area contributed by atoms with Crippen LogP contribution in [0.2, 0.25) is 0 Å². The summed E-state index contributed by atoms with van der Waals surface area (Å²) < 4.78 is 9.59. The van der Waals surface area contributed by atoms with Crippen molar-refractivity contribution in [1.82, 2.24) is 18.3 Å². The van der Waals surface area contributed by atoms with Crippen molar-refractivity contribution in [3.63, 3.8) is 0 Å². The van der Waals surface area contributed by atoms with Crippen LogP contribution in [0.15, 0.2) is 218 Å². The molecule has 68 heavy (non-hydrogen) atoms. The Morgan fingerprint density at radius 3 is 0.735 bits per heavy atom. The fourth-order valence-corrected chi connectivity index (χ4v) is 11.4. The Hall–Kier alpha value is -9.62. The highest BCUT2D eigenvalue weighted by Gasteiger charge is 2.33. The van der Waals surface area contributed by atoms with Crippen LogP contribution in [0, 0.1) is 22.7 Å². The maximum atomic E-state index is 11.4. The Labute approximate surface area is 389 Å². The van der Waals surface area contributed by atoms with Gasteiger partial charge in [0.15, 0.2) is 0 Å². The maximum Gasteiger partial charge on any atom is 0.0998 e. The molecule has 0 bridgehead atoms. The Bertz CT molecular complexity index is 4040. The second kappa shape index (κ2) is 14.4. The lowest BCUT2D eigenvalue weighted by atomic mass is 9.90. The van der Waals surface area contributed by atoms with Gasteiger partial charge in [0.05, 0.1) is 90.1 Å². The largest absolute Gasteiger partial charge is 0.307 e. The number of nitrogens with zero attached hydrogens (tertiary/aromatic N) is 6. The molecule has 0 amide bonds. The molecule has 6 heteroatoms. The maximum absolute atomic E-state index is 11.4. The van der Waals surface area contributed by atoms with E-state index >= 15 is 0 Å². The summed E-state index contributed by atoms with van der Waals surface area (Å²) in [6.07, 6.45) is 0. The quantitative estimate of drug-likeness (QED) is 0.173. The number of nitriles is 2. The number of para-hydroxylation sites is 8.